The number of hydrogen-bond acceptors (Lipinski definition) is 4. The Morgan fingerprint density at radius 3 is 2.38 bits per heavy atom. The molecule has 0 atom stereocenters. The SMILES string of the molecule is CC(C)(O)C1CCCCC1.NC(=O)c1cnc2cc(N3CC(F)C3)c(F)cc2c1. The zero-order chi connectivity index (χ0) is 21.2. The van der Waals surface area contributed by atoms with Crippen LogP contribution in [0.5, 0.6) is 0 Å². The summed E-state index contributed by atoms with van der Waals surface area (Å²) < 4.78 is 26.8. The first-order chi connectivity index (χ1) is 13.6. The number of alkyl halides is 1. The van der Waals surface area contributed by atoms with Gasteiger partial charge in [0.2, 0.25) is 5.91 Å². The minimum atomic E-state index is -0.903. The number of anilines is 1. The quantitative estimate of drug-likeness (QED) is 0.810. The lowest BCUT2D eigenvalue weighted by Gasteiger charge is -2.36. The van der Waals surface area contributed by atoms with Crippen molar-refractivity contribution in [2.45, 2.75) is 57.7 Å². The molecule has 0 unspecified atom stereocenters. The number of halogens is 2. The molecule has 3 N–H and O–H groups in total. The van der Waals surface area contributed by atoms with E-state index < -0.39 is 23.5 Å². The van der Waals surface area contributed by atoms with Crippen molar-refractivity contribution in [1.82, 2.24) is 4.98 Å². The number of carbonyl (C=O) groups excluding carboxylic acids is 1. The Hall–Kier alpha value is -2.28. The lowest BCUT2D eigenvalue weighted by atomic mass is 9.79. The third kappa shape index (κ3) is 5.21. The monoisotopic (exact) mass is 405 g/mol. The number of hydrogen-bond donors (Lipinski definition) is 2. The van der Waals surface area contributed by atoms with Gasteiger partial charge in [-0.3, -0.25) is 9.78 Å². The molecule has 29 heavy (non-hydrogen) atoms. The van der Waals surface area contributed by atoms with E-state index in [0.29, 0.717) is 22.5 Å². The largest absolute Gasteiger partial charge is 0.390 e. The molecule has 7 heteroatoms. The molecule has 0 bridgehead atoms. The van der Waals surface area contributed by atoms with Crippen LogP contribution in [0.3, 0.4) is 0 Å². The van der Waals surface area contributed by atoms with Crippen molar-refractivity contribution < 1.29 is 18.7 Å². The summed E-state index contributed by atoms with van der Waals surface area (Å²) in [6, 6.07) is 4.34. The maximum atomic E-state index is 13.9. The highest BCUT2D eigenvalue weighted by Gasteiger charge is 2.29. The second kappa shape index (κ2) is 8.61. The Balaban J connectivity index is 0.000000204. The van der Waals surface area contributed by atoms with Crippen LogP contribution < -0.4 is 10.6 Å². The van der Waals surface area contributed by atoms with Crippen molar-refractivity contribution in [3.8, 4) is 0 Å². The molecule has 0 radical (unpaired) electrons. The summed E-state index contributed by atoms with van der Waals surface area (Å²) >= 11 is 0. The van der Waals surface area contributed by atoms with E-state index in [1.165, 1.54) is 50.4 Å². The van der Waals surface area contributed by atoms with Gasteiger partial charge in [-0.2, -0.15) is 0 Å². The molecule has 0 spiro atoms. The topological polar surface area (TPSA) is 79.5 Å². The first-order valence-corrected chi connectivity index (χ1v) is 10.2. The molecule has 2 heterocycles. The first kappa shape index (κ1) is 21.4. The van der Waals surface area contributed by atoms with Gasteiger partial charge in [0.15, 0.2) is 0 Å². The summed E-state index contributed by atoms with van der Waals surface area (Å²) in [4.78, 5) is 16.7. The van der Waals surface area contributed by atoms with Crippen molar-refractivity contribution in [2.75, 3.05) is 18.0 Å². The van der Waals surface area contributed by atoms with Crippen molar-refractivity contribution in [3.05, 3.63) is 35.8 Å². The lowest BCUT2D eigenvalue weighted by Crippen LogP contribution is -2.48. The van der Waals surface area contributed by atoms with Gasteiger partial charge in [-0.25, -0.2) is 8.78 Å². The van der Waals surface area contributed by atoms with E-state index in [-0.39, 0.29) is 18.7 Å². The molecule has 1 saturated heterocycles. The molecule has 5 nitrogen and oxygen atoms in total. The Morgan fingerprint density at radius 2 is 1.86 bits per heavy atom. The Labute approximate surface area is 169 Å². The molecular formula is C22H29F2N3O2. The molecule has 1 saturated carbocycles. The van der Waals surface area contributed by atoms with Gasteiger partial charge in [-0.05, 0) is 50.8 Å². The summed E-state index contributed by atoms with van der Waals surface area (Å²) in [7, 11) is 0. The third-order valence-corrected chi connectivity index (χ3v) is 5.82. The number of primary amides is 1. The van der Waals surface area contributed by atoms with Gasteiger partial charge in [0.05, 0.1) is 35.5 Å². The lowest BCUT2D eigenvalue weighted by molar-refractivity contribution is 0.000830. The Bertz CT molecular complexity index is 870. The van der Waals surface area contributed by atoms with Crippen LogP contribution in [0, 0.1) is 11.7 Å². The summed E-state index contributed by atoms with van der Waals surface area (Å²) in [5, 5.41) is 10.1. The van der Waals surface area contributed by atoms with Gasteiger partial charge in [0.1, 0.15) is 12.0 Å². The maximum Gasteiger partial charge on any atom is 0.250 e. The van der Waals surface area contributed by atoms with E-state index in [0.717, 1.165) is 0 Å². The van der Waals surface area contributed by atoms with Crippen LogP contribution in [0.25, 0.3) is 10.9 Å². The number of carbonyl (C=O) groups is 1. The average molecular weight is 405 g/mol. The van der Waals surface area contributed by atoms with E-state index in [9.17, 15) is 18.7 Å². The second-order valence-corrected chi connectivity index (χ2v) is 8.58. The van der Waals surface area contributed by atoms with Crippen LogP contribution in [0.2, 0.25) is 0 Å². The molecule has 1 aromatic heterocycles. The number of nitrogens with zero attached hydrogens (tertiary/aromatic N) is 2. The summed E-state index contributed by atoms with van der Waals surface area (Å²) in [5.74, 6) is -0.508. The zero-order valence-corrected chi connectivity index (χ0v) is 17.0. The number of amides is 1. The van der Waals surface area contributed by atoms with E-state index >= 15 is 0 Å². The van der Waals surface area contributed by atoms with Crippen molar-refractivity contribution >= 4 is 22.5 Å². The number of nitrogens with two attached hydrogens (primary N) is 1. The van der Waals surface area contributed by atoms with E-state index in [1.807, 2.05) is 13.8 Å². The zero-order valence-electron chi connectivity index (χ0n) is 17.0. The predicted molar refractivity (Wildman–Crippen MR) is 110 cm³/mol. The fourth-order valence-corrected chi connectivity index (χ4v) is 3.95. The minimum Gasteiger partial charge on any atom is -0.390 e. The van der Waals surface area contributed by atoms with Crippen molar-refractivity contribution in [1.29, 1.82) is 0 Å². The molecule has 2 fully saturated rings. The molecule has 158 valence electrons. The smallest absolute Gasteiger partial charge is 0.250 e. The highest BCUT2D eigenvalue weighted by Crippen LogP contribution is 2.32. The van der Waals surface area contributed by atoms with Gasteiger partial charge in [-0.1, -0.05) is 19.3 Å². The van der Waals surface area contributed by atoms with Crippen molar-refractivity contribution in [3.63, 3.8) is 0 Å². The number of rotatable bonds is 3. The van der Waals surface area contributed by atoms with E-state index in [2.05, 4.69) is 4.98 Å². The van der Waals surface area contributed by atoms with Gasteiger partial charge in [0.25, 0.3) is 0 Å². The minimum absolute atomic E-state index is 0.196. The number of benzene rings is 1. The molecular weight excluding hydrogens is 376 g/mol. The van der Waals surface area contributed by atoms with Crippen LogP contribution in [-0.4, -0.2) is 40.9 Å². The molecule has 1 aliphatic carbocycles. The predicted octanol–water partition coefficient (Wildman–Crippen LogP) is 3.97. The van der Waals surface area contributed by atoms with Gasteiger partial charge >= 0.3 is 0 Å². The van der Waals surface area contributed by atoms with E-state index in [4.69, 9.17) is 5.73 Å². The van der Waals surface area contributed by atoms with Crippen LogP contribution in [0.15, 0.2) is 24.4 Å². The molecule has 2 aliphatic rings. The van der Waals surface area contributed by atoms with Crippen LogP contribution >= 0.6 is 0 Å². The van der Waals surface area contributed by atoms with Crippen LogP contribution in [0.1, 0.15) is 56.3 Å². The fourth-order valence-electron chi connectivity index (χ4n) is 3.95. The molecule has 2 aromatic rings. The summed E-state index contributed by atoms with van der Waals surface area (Å²) in [5.41, 5.74) is 5.82. The van der Waals surface area contributed by atoms with Crippen molar-refractivity contribution in [2.24, 2.45) is 11.7 Å². The molecule has 4 rings (SSSR count). The number of pyridine rings is 1. The highest BCUT2D eigenvalue weighted by molar-refractivity contribution is 5.96. The molecule has 1 aromatic carbocycles. The van der Waals surface area contributed by atoms with Gasteiger partial charge in [-0.15, -0.1) is 0 Å². The number of fused-ring (bicyclic) bond motifs is 1. The van der Waals surface area contributed by atoms with E-state index in [1.54, 1.807) is 11.0 Å². The Kier molecular flexibility index (Phi) is 6.36. The second-order valence-electron chi connectivity index (χ2n) is 8.58. The Morgan fingerprint density at radius 1 is 1.21 bits per heavy atom. The van der Waals surface area contributed by atoms with Crippen LogP contribution in [-0.2, 0) is 0 Å². The summed E-state index contributed by atoms with van der Waals surface area (Å²) in [6.45, 7) is 4.26. The van der Waals surface area contributed by atoms with Gasteiger partial charge < -0.3 is 15.7 Å². The standard InChI is InChI=1S/C13H11F2N3O.C9H18O/c14-9-5-18(6-9)12-3-11-7(2-10(12)15)1-8(4-17-11)13(16)19;1-9(2,10)8-6-4-3-5-7-8/h1-4,9H,5-6H2,(H2,16,19);8,10H,3-7H2,1-2H3. The third-order valence-electron chi connectivity index (χ3n) is 5.82. The molecule has 1 aliphatic heterocycles. The fraction of sp³-hybridized carbons (Fsp3) is 0.545. The average Bonchev–Trinajstić information content (AvgIpc) is 2.65. The maximum absolute atomic E-state index is 13.9. The highest BCUT2D eigenvalue weighted by atomic mass is 19.1. The first-order valence-electron chi connectivity index (χ1n) is 10.2. The number of aromatic nitrogens is 1. The summed E-state index contributed by atoms with van der Waals surface area (Å²) in [6.07, 6.45) is 6.89. The number of aliphatic hydroxyl groups is 1. The molecule has 1 amide bonds. The van der Waals surface area contributed by atoms with Gasteiger partial charge in [0, 0.05) is 11.6 Å². The normalized spacial score (nSPS) is 18.2. The van der Waals surface area contributed by atoms with Crippen LogP contribution in [0.4, 0.5) is 14.5 Å².